The van der Waals surface area contributed by atoms with Gasteiger partial charge in [-0.05, 0) is 41.8 Å². The summed E-state index contributed by atoms with van der Waals surface area (Å²) in [5.74, 6) is 1.44. The van der Waals surface area contributed by atoms with E-state index < -0.39 is 0 Å². The van der Waals surface area contributed by atoms with Crippen molar-refractivity contribution in [2.75, 3.05) is 5.32 Å². The van der Waals surface area contributed by atoms with Crippen LogP contribution in [-0.4, -0.2) is 35.2 Å². The first-order valence-corrected chi connectivity index (χ1v) is 7.70. The van der Waals surface area contributed by atoms with Crippen molar-refractivity contribution >= 4 is 33.3 Å². The zero-order valence-corrected chi connectivity index (χ0v) is 13.0. The fourth-order valence-electron chi connectivity index (χ4n) is 2.82. The van der Waals surface area contributed by atoms with Gasteiger partial charge >= 0.3 is 0 Å². The van der Waals surface area contributed by atoms with Crippen LogP contribution in [0.15, 0.2) is 61.2 Å². The summed E-state index contributed by atoms with van der Waals surface area (Å²) < 4.78 is 1.65. The average Bonchev–Trinajstić information content (AvgIpc) is 3.32. The zero-order chi connectivity index (χ0) is 16.6. The van der Waals surface area contributed by atoms with E-state index in [2.05, 4.69) is 35.8 Å². The number of anilines is 2. The molecule has 0 radical (unpaired) electrons. The van der Waals surface area contributed by atoms with Gasteiger partial charge in [0, 0.05) is 23.5 Å². The average molecular weight is 328 g/mol. The maximum Gasteiger partial charge on any atom is 0.178 e. The molecule has 4 aromatic heterocycles. The lowest BCUT2D eigenvalue weighted by Crippen LogP contribution is -2.00. The minimum atomic E-state index is 0.695. The molecule has 0 spiro atoms. The molecule has 4 heterocycles. The molecular formula is C17H12N8. The SMILES string of the molecule is c1cnc2c(Nc3ccc4c(-n5ccnn5)nccc4c3)n[nH]c2c1. The first kappa shape index (κ1) is 13.6. The van der Waals surface area contributed by atoms with E-state index in [0.29, 0.717) is 5.82 Å². The van der Waals surface area contributed by atoms with E-state index in [1.165, 1.54) is 0 Å². The summed E-state index contributed by atoms with van der Waals surface area (Å²) in [4.78, 5) is 8.77. The summed E-state index contributed by atoms with van der Waals surface area (Å²) in [5.41, 5.74) is 2.62. The summed E-state index contributed by atoms with van der Waals surface area (Å²) in [7, 11) is 0. The van der Waals surface area contributed by atoms with Crippen LogP contribution in [0.3, 0.4) is 0 Å². The highest BCUT2D eigenvalue weighted by atomic mass is 15.4. The van der Waals surface area contributed by atoms with Crippen LogP contribution in [0.5, 0.6) is 0 Å². The smallest absolute Gasteiger partial charge is 0.178 e. The second kappa shape index (κ2) is 5.38. The van der Waals surface area contributed by atoms with E-state index in [9.17, 15) is 0 Å². The second-order valence-corrected chi connectivity index (χ2v) is 5.51. The van der Waals surface area contributed by atoms with Crippen LogP contribution in [0.1, 0.15) is 0 Å². The van der Waals surface area contributed by atoms with E-state index in [1.54, 1.807) is 29.5 Å². The highest BCUT2D eigenvalue weighted by Gasteiger charge is 2.09. The van der Waals surface area contributed by atoms with E-state index in [0.717, 1.165) is 33.3 Å². The van der Waals surface area contributed by atoms with Crippen LogP contribution in [-0.2, 0) is 0 Å². The number of aromatic amines is 1. The molecule has 8 nitrogen and oxygen atoms in total. The fraction of sp³-hybridized carbons (Fsp3) is 0. The van der Waals surface area contributed by atoms with Gasteiger partial charge in [-0.15, -0.1) is 5.10 Å². The molecule has 25 heavy (non-hydrogen) atoms. The molecule has 0 atom stereocenters. The van der Waals surface area contributed by atoms with Crippen LogP contribution < -0.4 is 5.32 Å². The summed E-state index contributed by atoms with van der Waals surface area (Å²) in [6.07, 6.45) is 6.91. The van der Waals surface area contributed by atoms with Crippen molar-refractivity contribution in [3.63, 3.8) is 0 Å². The van der Waals surface area contributed by atoms with Gasteiger partial charge in [0.25, 0.3) is 0 Å². The predicted molar refractivity (Wildman–Crippen MR) is 93.8 cm³/mol. The molecule has 120 valence electrons. The normalized spacial score (nSPS) is 11.2. The van der Waals surface area contributed by atoms with E-state index in [4.69, 9.17) is 0 Å². The molecule has 5 rings (SSSR count). The Morgan fingerprint density at radius 3 is 2.92 bits per heavy atom. The molecule has 0 aliphatic carbocycles. The molecule has 2 N–H and O–H groups in total. The van der Waals surface area contributed by atoms with E-state index >= 15 is 0 Å². The molecule has 0 saturated carbocycles. The number of nitrogens with one attached hydrogen (secondary N) is 2. The highest BCUT2D eigenvalue weighted by Crippen LogP contribution is 2.26. The predicted octanol–water partition coefficient (Wildman–Crippen LogP) is 2.83. The first-order valence-electron chi connectivity index (χ1n) is 7.70. The maximum absolute atomic E-state index is 4.41. The van der Waals surface area contributed by atoms with Gasteiger partial charge in [-0.1, -0.05) is 5.21 Å². The number of benzene rings is 1. The van der Waals surface area contributed by atoms with Crippen molar-refractivity contribution in [2.45, 2.75) is 0 Å². The number of hydrogen-bond acceptors (Lipinski definition) is 6. The van der Waals surface area contributed by atoms with Crippen LogP contribution >= 0.6 is 0 Å². The molecule has 0 unspecified atom stereocenters. The Kier molecular flexibility index (Phi) is 2.93. The Morgan fingerprint density at radius 2 is 2.00 bits per heavy atom. The van der Waals surface area contributed by atoms with Crippen LogP contribution in [0, 0.1) is 0 Å². The lowest BCUT2D eigenvalue weighted by atomic mass is 10.1. The van der Waals surface area contributed by atoms with Crippen LogP contribution in [0.2, 0.25) is 0 Å². The van der Waals surface area contributed by atoms with Crippen molar-refractivity contribution in [1.82, 2.24) is 35.2 Å². The maximum atomic E-state index is 4.41. The third-order valence-electron chi connectivity index (χ3n) is 3.97. The fourth-order valence-corrected chi connectivity index (χ4v) is 2.82. The third kappa shape index (κ3) is 2.27. The number of pyridine rings is 2. The Balaban J connectivity index is 1.57. The molecule has 0 fully saturated rings. The Labute approximate surface area is 141 Å². The lowest BCUT2D eigenvalue weighted by Gasteiger charge is -2.08. The molecule has 0 bridgehead atoms. The molecule has 8 heteroatoms. The van der Waals surface area contributed by atoms with E-state index in [1.807, 2.05) is 36.4 Å². The van der Waals surface area contributed by atoms with Gasteiger partial charge in [0.2, 0.25) is 0 Å². The van der Waals surface area contributed by atoms with Crippen molar-refractivity contribution < 1.29 is 0 Å². The van der Waals surface area contributed by atoms with Crippen LogP contribution in [0.25, 0.3) is 27.6 Å². The third-order valence-corrected chi connectivity index (χ3v) is 3.97. The Hall–Kier alpha value is -3.81. The summed E-state index contributed by atoms with van der Waals surface area (Å²) in [5, 5.41) is 20.5. The highest BCUT2D eigenvalue weighted by molar-refractivity contribution is 5.93. The lowest BCUT2D eigenvalue weighted by molar-refractivity contribution is 0.787. The van der Waals surface area contributed by atoms with Crippen molar-refractivity contribution in [2.24, 2.45) is 0 Å². The number of fused-ring (bicyclic) bond motifs is 2. The number of hydrogen-bond donors (Lipinski definition) is 2. The molecule has 1 aromatic carbocycles. The van der Waals surface area contributed by atoms with Gasteiger partial charge in [0.1, 0.15) is 5.52 Å². The van der Waals surface area contributed by atoms with Gasteiger partial charge in [0.15, 0.2) is 11.6 Å². The number of rotatable bonds is 3. The summed E-state index contributed by atoms with van der Waals surface area (Å²) in [6.45, 7) is 0. The Morgan fingerprint density at radius 1 is 1.00 bits per heavy atom. The van der Waals surface area contributed by atoms with Crippen molar-refractivity contribution in [3.8, 4) is 5.82 Å². The molecule has 0 aliphatic heterocycles. The minimum Gasteiger partial charge on any atom is -0.337 e. The van der Waals surface area contributed by atoms with Gasteiger partial charge in [0.05, 0.1) is 17.9 Å². The number of H-pyrrole nitrogens is 1. The number of aromatic nitrogens is 7. The summed E-state index contributed by atoms with van der Waals surface area (Å²) >= 11 is 0. The zero-order valence-electron chi connectivity index (χ0n) is 13.0. The standard InChI is InChI=1S/C17H12N8/c1-2-14-15(18-6-1)16(23-22-14)21-12-3-4-13-11(10-12)5-7-19-17(13)25-9-8-20-24-25/h1-10H,(H2,21,22,23). The topological polar surface area (TPSA) is 97.2 Å². The molecule has 0 saturated heterocycles. The second-order valence-electron chi connectivity index (χ2n) is 5.51. The van der Waals surface area contributed by atoms with Gasteiger partial charge in [-0.3, -0.25) is 10.1 Å². The van der Waals surface area contributed by atoms with Crippen LogP contribution in [0.4, 0.5) is 11.5 Å². The Bertz CT molecular complexity index is 1180. The summed E-state index contributed by atoms with van der Waals surface area (Å²) in [6, 6.07) is 11.8. The van der Waals surface area contributed by atoms with Gasteiger partial charge in [-0.25, -0.2) is 9.67 Å². The molecule has 0 amide bonds. The minimum absolute atomic E-state index is 0.695. The quantitative estimate of drug-likeness (QED) is 0.528. The first-order chi connectivity index (χ1) is 12.4. The van der Waals surface area contributed by atoms with Gasteiger partial charge in [-0.2, -0.15) is 5.10 Å². The molecule has 0 aliphatic rings. The molecule has 5 aromatic rings. The number of nitrogens with zero attached hydrogens (tertiary/aromatic N) is 6. The monoisotopic (exact) mass is 328 g/mol. The molecular weight excluding hydrogens is 316 g/mol. The van der Waals surface area contributed by atoms with E-state index in [-0.39, 0.29) is 0 Å². The largest absolute Gasteiger partial charge is 0.337 e. The van der Waals surface area contributed by atoms with Gasteiger partial charge < -0.3 is 5.32 Å². The van der Waals surface area contributed by atoms with Crippen molar-refractivity contribution in [3.05, 3.63) is 61.2 Å². The van der Waals surface area contributed by atoms with Crippen molar-refractivity contribution in [1.29, 1.82) is 0 Å².